The molecule has 0 unspecified atom stereocenters. The van der Waals surface area contributed by atoms with E-state index in [1.165, 1.54) is 22.7 Å². The Morgan fingerprint density at radius 2 is 1.81 bits per heavy atom. The van der Waals surface area contributed by atoms with E-state index in [0.717, 1.165) is 10.4 Å². The first-order valence-corrected chi connectivity index (χ1v) is 6.57. The summed E-state index contributed by atoms with van der Waals surface area (Å²) in [5.41, 5.74) is 2.11. The van der Waals surface area contributed by atoms with Crippen LogP contribution in [0, 0.1) is 13.8 Å². The fraction of sp³-hybridized carbons (Fsp3) is 0.167. The highest BCUT2D eigenvalue weighted by molar-refractivity contribution is 7.16. The Morgan fingerprint density at radius 3 is 2.56 bits per heavy atom. The van der Waals surface area contributed by atoms with Crippen LogP contribution in [0.15, 0.2) is 11.4 Å². The minimum absolute atomic E-state index is 0.00653. The second kappa shape index (κ2) is 3.12. The molecule has 2 aromatic heterocycles. The first kappa shape index (κ1) is 9.93. The number of thiophene rings is 2. The number of aryl methyl sites for hydroxylation is 2. The van der Waals surface area contributed by atoms with Crippen molar-refractivity contribution in [2.75, 3.05) is 0 Å². The maximum atomic E-state index is 12.2. The minimum Gasteiger partial charge on any atom is -0.288 e. The molecule has 0 saturated heterocycles. The lowest BCUT2D eigenvalue weighted by atomic mass is 9.93. The van der Waals surface area contributed by atoms with Gasteiger partial charge in [-0.15, -0.1) is 22.7 Å². The van der Waals surface area contributed by atoms with Crippen LogP contribution in [0.4, 0.5) is 0 Å². The van der Waals surface area contributed by atoms with E-state index in [9.17, 15) is 9.59 Å². The van der Waals surface area contributed by atoms with Gasteiger partial charge in [-0.1, -0.05) is 0 Å². The maximum absolute atomic E-state index is 12.2. The lowest BCUT2D eigenvalue weighted by Gasteiger charge is -2.10. The molecule has 0 aromatic carbocycles. The van der Waals surface area contributed by atoms with Crippen LogP contribution in [-0.2, 0) is 0 Å². The Morgan fingerprint density at radius 1 is 1.06 bits per heavy atom. The van der Waals surface area contributed by atoms with Crippen molar-refractivity contribution in [2.24, 2.45) is 0 Å². The summed E-state index contributed by atoms with van der Waals surface area (Å²) < 4.78 is 0. The zero-order valence-electron chi connectivity index (χ0n) is 8.79. The molecule has 2 nitrogen and oxygen atoms in total. The van der Waals surface area contributed by atoms with E-state index in [1.807, 2.05) is 25.3 Å². The molecule has 4 heteroatoms. The van der Waals surface area contributed by atoms with Gasteiger partial charge in [0.1, 0.15) is 0 Å². The van der Waals surface area contributed by atoms with Gasteiger partial charge in [0.25, 0.3) is 0 Å². The topological polar surface area (TPSA) is 34.1 Å². The van der Waals surface area contributed by atoms with Crippen molar-refractivity contribution in [3.63, 3.8) is 0 Å². The van der Waals surface area contributed by atoms with E-state index in [0.29, 0.717) is 20.9 Å². The third kappa shape index (κ3) is 1.11. The van der Waals surface area contributed by atoms with Crippen molar-refractivity contribution < 1.29 is 9.59 Å². The van der Waals surface area contributed by atoms with Gasteiger partial charge in [0, 0.05) is 16.0 Å². The molecule has 3 rings (SSSR count). The highest BCUT2D eigenvalue weighted by atomic mass is 32.1. The predicted octanol–water partition coefficient (Wildman–Crippen LogP) is 3.20. The van der Waals surface area contributed by atoms with Gasteiger partial charge in [-0.05, 0) is 30.9 Å². The predicted molar refractivity (Wildman–Crippen MR) is 65.0 cm³/mol. The molecule has 0 fully saturated rings. The zero-order chi connectivity index (χ0) is 11.4. The van der Waals surface area contributed by atoms with Crippen molar-refractivity contribution in [2.45, 2.75) is 13.8 Å². The number of hydrogen-bond acceptors (Lipinski definition) is 4. The molecule has 80 valence electrons. The van der Waals surface area contributed by atoms with E-state index in [2.05, 4.69) is 0 Å². The monoisotopic (exact) mass is 248 g/mol. The lowest BCUT2D eigenvalue weighted by Crippen LogP contribution is -2.16. The van der Waals surface area contributed by atoms with Crippen LogP contribution in [0.3, 0.4) is 0 Å². The molecule has 2 heterocycles. The highest BCUT2D eigenvalue weighted by Gasteiger charge is 2.33. The van der Waals surface area contributed by atoms with Gasteiger partial charge in [0.15, 0.2) is 0 Å². The van der Waals surface area contributed by atoms with Gasteiger partial charge < -0.3 is 0 Å². The van der Waals surface area contributed by atoms with Crippen molar-refractivity contribution >= 4 is 34.2 Å². The minimum atomic E-state index is 0.00653. The number of carbonyl (C=O) groups is 2. The van der Waals surface area contributed by atoms with Gasteiger partial charge in [-0.3, -0.25) is 9.59 Å². The zero-order valence-corrected chi connectivity index (χ0v) is 10.4. The normalized spacial score (nSPS) is 13.9. The largest absolute Gasteiger partial charge is 0.288 e. The van der Waals surface area contributed by atoms with E-state index >= 15 is 0 Å². The molecule has 0 atom stereocenters. The number of fused-ring (bicyclic) bond motifs is 2. The highest BCUT2D eigenvalue weighted by Crippen LogP contribution is 2.37. The Bertz CT molecular complexity index is 627. The Kier molecular flexibility index (Phi) is 1.94. The summed E-state index contributed by atoms with van der Waals surface area (Å²) in [6, 6.07) is 1.82. The second-order valence-electron chi connectivity index (χ2n) is 3.88. The van der Waals surface area contributed by atoms with Crippen LogP contribution in [0.5, 0.6) is 0 Å². The summed E-state index contributed by atoms with van der Waals surface area (Å²) in [5.74, 6) is 0.0218. The molecule has 1 aliphatic carbocycles. The van der Waals surface area contributed by atoms with Crippen LogP contribution in [0.1, 0.15) is 40.9 Å². The van der Waals surface area contributed by atoms with E-state index in [4.69, 9.17) is 0 Å². The van der Waals surface area contributed by atoms with Crippen molar-refractivity contribution in [3.05, 3.63) is 42.8 Å². The van der Waals surface area contributed by atoms with Crippen LogP contribution in [0.25, 0.3) is 0 Å². The summed E-state index contributed by atoms with van der Waals surface area (Å²) in [6.07, 6.45) is 0. The molecule has 0 spiro atoms. The first-order valence-electron chi connectivity index (χ1n) is 4.87. The molecule has 0 bridgehead atoms. The second-order valence-corrected chi connectivity index (χ2v) is 6.02. The lowest BCUT2D eigenvalue weighted by molar-refractivity contribution is 0.0985. The van der Waals surface area contributed by atoms with E-state index < -0.39 is 0 Å². The fourth-order valence-electron chi connectivity index (χ4n) is 1.98. The molecule has 1 aliphatic rings. The van der Waals surface area contributed by atoms with Crippen LogP contribution in [-0.4, -0.2) is 11.6 Å². The molecule has 0 radical (unpaired) electrons. The summed E-state index contributed by atoms with van der Waals surface area (Å²) in [6.45, 7) is 3.80. The van der Waals surface area contributed by atoms with Gasteiger partial charge >= 0.3 is 0 Å². The molecule has 0 N–H and O–H groups in total. The van der Waals surface area contributed by atoms with Crippen molar-refractivity contribution in [1.82, 2.24) is 0 Å². The number of rotatable bonds is 0. The number of hydrogen-bond donors (Lipinski definition) is 0. The summed E-state index contributed by atoms with van der Waals surface area (Å²) >= 11 is 2.78. The third-order valence-corrected chi connectivity index (χ3v) is 4.86. The van der Waals surface area contributed by atoms with Gasteiger partial charge in [0.2, 0.25) is 11.6 Å². The van der Waals surface area contributed by atoms with Gasteiger partial charge in [-0.2, -0.15) is 0 Å². The molecule has 16 heavy (non-hydrogen) atoms. The molecular formula is C12H8O2S2. The number of ketones is 2. The standard InChI is InChI=1S/C12H8O2S2/c1-5-4-15-12-8(5)10(14)11-7(9(12)13)3-6(2)16-11/h3-4H,1-2H3. The van der Waals surface area contributed by atoms with Gasteiger partial charge in [-0.25, -0.2) is 0 Å². The van der Waals surface area contributed by atoms with Crippen LogP contribution >= 0.6 is 22.7 Å². The molecule has 0 saturated carbocycles. The fourth-order valence-corrected chi connectivity index (χ4v) is 3.94. The third-order valence-electron chi connectivity index (χ3n) is 2.71. The maximum Gasteiger partial charge on any atom is 0.205 e. The average Bonchev–Trinajstić information content (AvgIpc) is 2.79. The smallest absolute Gasteiger partial charge is 0.205 e. The van der Waals surface area contributed by atoms with Crippen molar-refractivity contribution in [1.29, 1.82) is 0 Å². The first-order chi connectivity index (χ1) is 7.59. The summed E-state index contributed by atoms with van der Waals surface area (Å²) in [4.78, 5) is 26.6. The Balaban J connectivity index is 2.35. The van der Waals surface area contributed by atoms with Crippen LogP contribution in [0.2, 0.25) is 0 Å². The summed E-state index contributed by atoms with van der Waals surface area (Å²) in [7, 11) is 0. The van der Waals surface area contributed by atoms with Gasteiger partial charge in [0.05, 0.1) is 9.75 Å². The van der Waals surface area contributed by atoms with E-state index in [1.54, 1.807) is 0 Å². The van der Waals surface area contributed by atoms with Crippen LogP contribution < -0.4 is 0 Å². The average molecular weight is 248 g/mol. The number of carbonyl (C=O) groups excluding carboxylic acids is 2. The van der Waals surface area contributed by atoms with E-state index in [-0.39, 0.29) is 11.6 Å². The van der Waals surface area contributed by atoms with Crippen molar-refractivity contribution in [3.8, 4) is 0 Å². The molecular weight excluding hydrogens is 240 g/mol. The SMILES string of the molecule is Cc1cc2c(s1)C(=O)c1c(C)csc1C2=O. The molecule has 0 amide bonds. The molecule has 0 aliphatic heterocycles. The molecule has 2 aromatic rings. The quantitative estimate of drug-likeness (QED) is 0.612. The Labute approximate surface area is 101 Å². The Hall–Kier alpha value is -1.26. The summed E-state index contributed by atoms with van der Waals surface area (Å²) in [5, 5.41) is 1.88.